The van der Waals surface area contributed by atoms with E-state index in [0.717, 1.165) is 17.4 Å². The summed E-state index contributed by atoms with van der Waals surface area (Å²) in [5, 5.41) is 2.74. The number of hydrogen-bond acceptors (Lipinski definition) is 5. The van der Waals surface area contributed by atoms with Crippen LogP contribution in [-0.2, 0) is 26.2 Å². The molecule has 1 atom stereocenters. The highest BCUT2D eigenvalue weighted by molar-refractivity contribution is 7.92. The lowest BCUT2D eigenvalue weighted by Gasteiger charge is -2.34. The van der Waals surface area contributed by atoms with Crippen molar-refractivity contribution in [3.63, 3.8) is 0 Å². The summed E-state index contributed by atoms with van der Waals surface area (Å²) in [6, 6.07) is 15.0. The van der Waals surface area contributed by atoms with Crippen LogP contribution >= 0.6 is 0 Å². The highest BCUT2D eigenvalue weighted by atomic mass is 32.2. The monoisotopic (exact) mass is 404 g/mol. The lowest BCUT2D eigenvalue weighted by atomic mass is 10.1. The largest absolute Gasteiger partial charge is 0.476 e. The summed E-state index contributed by atoms with van der Waals surface area (Å²) in [6.45, 7) is 2.93. The molecule has 1 amide bonds. The third-order valence-corrected chi connectivity index (χ3v) is 5.48. The van der Waals surface area contributed by atoms with Crippen molar-refractivity contribution in [2.24, 2.45) is 0 Å². The standard InChI is InChI=1S/C20H24N2O5S/c1-15-8-9-18-17(12-15)22(28(2,24)25)13-19(27-18)20(23)21-10-11-26-14-16-6-4-3-5-7-16/h3-9,12,19H,10-11,13-14H2,1-2H3,(H,21,23)/t19-/m1/s1. The molecule has 1 aliphatic rings. The van der Waals surface area contributed by atoms with Gasteiger partial charge in [-0.1, -0.05) is 36.4 Å². The van der Waals surface area contributed by atoms with Gasteiger partial charge < -0.3 is 14.8 Å². The Morgan fingerprint density at radius 2 is 2.00 bits per heavy atom. The maximum Gasteiger partial charge on any atom is 0.263 e. The van der Waals surface area contributed by atoms with E-state index < -0.39 is 16.1 Å². The third-order valence-electron chi connectivity index (χ3n) is 4.33. The van der Waals surface area contributed by atoms with Gasteiger partial charge in [0.05, 0.1) is 31.7 Å². The lowest BCUT2D eigenvalue weighted by molar-refractivity contribution is -0.128. The maximum absolute atomic E-state index is 12.5. The highest BCUT2D eigenvalue weighted by Crippen LogP contribution is 2.35. The number of ether oxygens (including phenoxy) is 2. The Bertz CT molecular complexity index is 931. The van der Waals surface area contributed by atoms with Gasteiger partial charge in [0.15, 0.2) is 6.10 Å². The Morgan fingerprint density at radius 1 is 1.25 bits per heavy atom. The first-order valence-corrected chi connectivity index (χ1v) is 10.8. The predicted octanol–water partition coefficient (Wildman–Crippen LogP) is 1.86. The zero-order valence-corrected chi connectivity index (χ0v) is 16.7. The normalized spacial score (nSPS) is 16.2. The number of carbonyl (C=O) groups is 1. The van der Waals surface area contributed by atoms with Crippen molar-refractivity contribution in [2.45, 2.75) is 19.6 Å². The SMILES string of the molecule is Cc1ccc2c(c1)N(S(C)(=O)=O)C[C@H](C(=O)NCCOCc1ccccc1)O2. The molecule has 0 aliphatic carbocycles. The zero-order chi connectivity index (χ0) is 20.1. The summed E-state index contributed by atoms with van der Waals surface area (Å²) in [5.74, 6) is 0.00550. The fourth-order valence-corrected chi connectivity index (χ4v) is 3.84. The minimum atomic E-state index is -3.53. The Balaban J connectivity index is 1.56. The second-order valence-corrected chi connectivity index (χ2v) is 8.61. The number of hydrogen-bond donors (Lipinski definition) is 1. The van der Waals surface area contributed by atoms with Crippen molar-refractivity contribution < 1.29 is 22.7 Å². The van der Waals surface area contributed by atoms with Crippen molar-refractivity contribution in [1.29, 1.82) is 0 Å². The number of fused-ring (bicyclic) bond motifs is 1. The van der Waals surface area contributed by atoms with Gasteiger partial charge in [0.1, 0.15) is 5.75 Å². The molecule has 7 nitrogen and oxygen atoms in total. The Labute approximate surface area is 165 Å². The second-order valence-electron chi connectivity index (χ2n) is 6.70. The molecule has 150 valence electrons. The van der Waals surface area contributed by atoms with E-state index >= 15 is 0 Å². The molecule has 1 heterocycles. The van der Waals surface area contributed by atoms with Crippen LogP contribution in [0.3, 0.4) is 0 Å². The van der Waals surface area contributed by atoms with Crippen LogP contribution in [0.2, 0.25) is 0 Å². The van der Waals surface area contributed by atoms with Crippen LogP contribution < -0.4 is 14.4 Å². The second kappa shape index (κ2) is 8.62. The van der Waals surface area contributed by atoms with Gasteiger partial charge in [0.2, 0.25) is 10.0 Å². The molecule has 0 saturated heterocycles. The first-order chi connectivity index (χ1) is 13.3. The molecular weight excluding hydrogens is 380 g/mol. The third kappa shape index (κ3) is 5.02. The smallest absolute Gasteiger partial charge is 0.263 e. The molecule has 1 aliphatic heterocycles. The number of benzene rings is 2. The van der Waals surface area contributed by atoms with Gasteiger partial charge in [0.25, 0.3) is 5.91 Å². The van der Waals surface area contributed by atoms with Gasteiger partial charge in [-0.15, -0.1) is 0 Å². The molecule has 3 rings (SSSR count). The molecule has 0 unspecified atom stereocenters. The number of anilines is 1. The molecule has 0 fully saturated rings. The van der Waals surface area contributed by atoms with Gasteiger partial charge in [-0.05, 0) is 30.2 Å². The minimum absolute atomic E-state index is 0.0635. The molecule has 28 heavy (non-hydrogen) atoms. The van der Waals surface area contributed by atoms with Crippen LogP contribution in [0.1, 0.15) is 11.1 Å². The van der Waals surface area contributed by atoms with Gasteiger partial charge >= 0.3 is 0 Å². The summed E-state index contributed by atoms with van der Waals surface area (Å²) in [4.78, 5) is 12.5. The molecule has 1 N–H and O–H groups in total. The Morgan fingerprint density at radius 3 is 2.71 bits per heavy atom. The number of nitrogens with one attached hydrogen (secondary N) is 1. The van der Waals surface area contributed by atoms with Gasteiger partial charge in [-0.25, -0.2) is 8.42 Å². The number of nitrogens with zero attached hydrogens (tertiary/aromatic N) is 1. The lowest BCUT2D eigenvalue weighted by Crippen LogP contribution is -2.50. The Hall–Kier alpha value is -2.58. The molecule has 0 spiro atoms. The van der Waals surface area contributed by atoms with E-state index in [4.69, 9.17) is 9.47 Å². The number of aryl methyl sites for hydroxylation is 1. The summed E-state index contributed by atoms with van der Waals surface area (Å²) < 4.78 is 36.9. The van der Waals surface area contributed by atoms with E-state index in [1.807, 2.05) is 43.3 Å². The fraction of sp³-hybridized carbons (Fsp3) is 0.350. The van der Waals surface area contributed by atoms with E-state index in [1.54, 1.807) is 12.1 Å². The highest BCUT2D eigenvalue weighted by Gasteiger charge is 2.34. The number of rotatable bonds is 7. The number of sulfonamides is 1. The van der Waals surface area contributed by atoms with Crippen molar-refractivity contribution in [1.82, 2.24) is 5.32 Å². The average Bonchev–Trinajstić information content (AvgIpc) is 2.66. The fourth-order valence-electron chi connectivity index (χ4n) is 2.94. The molecule has 0 radical (unpaired) electrons. The van der Waals surface area contributed by atoms with E-state index in [0.29, 0.717) is 31.2 Å². The van der Waals surface area contributed by atoms with Crippen LogP contribution in [0.25, 0.3) is 0 Å². The summed E-state index contributed by atoms with van der Waals surface area (Å²) in [7, 11) is -3.53. The quantitative estimate of drug-likeness (QED) is 0.712. The first kappa shape index (κ1) is 20.2. The molecule has 0 saturated carbocycles. The number of amides is 1. The molecule has 8 heteroatoms. The molecule has 2 aromatic rings. The van der Waals surface area contributed by atoms with E-state index in [2.05, 4.69) is 5.32 Å². The molecular formula is C20H24N2O5S. The van der Waals surface area contributed by atoms with Crippen LogP contribution in [0.15, 0.2) is 48.5 Å². The van der Waals surface area contributed by atoms with E-state index in [1.165, 1.54) is 4.31 Å². The van der Waals surface area contributed by atoms with Crippen LogP contribution in [-0.4, -0.2) is 46.4 Å². The van der Waals surface area contributed by atoms with Crippen LogP contribution in [0, 0.1) is 6.92 Å². The van der Waals surface area contributed by atoms with Crippen LogP contribution in [0.5, 0.6) is 5.75 Å². The van der Waals surface area contributed by atoms with Crippen molar-refractivity contribution in [2.75, 3.05) is 30.3 Å². The van der Waals surface area contributed by atoms with Crippen LogP contribution in [0.4, 0.5) is 5.69 Å². The van der Waals surface area contributed by atoms with Gasteiger partial charge in [-0.2, -0.15) is 0 Å². The summed E-state index contributed by atoms with van der Waals surface area (Å²) in [5.41, 5.74) is 2.42. The van der Waals surface area contributed by atoms with Gasteiger partial charge in [-0.3, -0.25) is 9.10 Å². The van der Waals surface area contributed by atoms with Crippen molar-refractivity contribution in [3.8, 4) is 5.75 Å². The predicted molar refractivity (Wildman–Crippen MR) is 107 cm³/mol. The molecule has 0 aromatic heterocycles. The molecule has 2 aromatic carbocycles. The summed E-state index contributed by atoms with van der Waals surface area (Å²) in [6.07, 6.45) is 0.204. The summed E-state index contributed by atoms with van der Waals surface area (Å²) >= 11 is 0. The van der Waals surface area contributed by atoms with Gasteiger partial charge in [0, 0.05) is 6.54 Å². The first-order valence-electron chi connectivity index (χ1n) is 8.99. The van der Waals surface area contributed by atoms with Crippen molar-refractivity contribution in [3.05, 3.63) is 59.7 Å². The zero-order valence-electron chi connectivity index (χ0n) is 15.9. The Kier molecular flexibility index (Phi) is 6.21. The van der Waals surface area contributed by atoms with E-state index in [-0.39, 0.29) is 12.5 Å². The van der Waals surface area contributed by atoms with Crippen molar-refractivity contribution >= 4 is 21.6 Å². The van der Waals surface area contributed by atoms with E-state index in [9.17, 15) is 13.2 Å². The average molecular weight is 404 g/mol. The number of carbonyl (C=O) groups excluding carboxylic acids is 1. The maximum atomic E-state index is 12.5. The molecule has 0 bridgehead atoms. The topological polar surface area (TPSA) is 84.9 Å². The minimum Gasteiger partial charge on any atom is -0.476 e.